The molecule has 116 valence electrons. The van der Waals surface area contributed by atoms with Gasteiger partial charge in [0.05, 0.1) is 0 Å². The summed E-state index contributed by atoms with van der Waals surface area (Å²) in [4.78, 5) is 8.09. The number of nitrogens with zero attached hydrogens (tertiary/aromatic N) is 2. The van der Waals surface area contributed by atoms with E-state index in [1.54, 1.807) is 0 Å². The van der Waals surface area contributed by atoms with Gasteiger partial charge in [-0.05, 0) is 12.1 Å². The molecule has 1 aliphatic heterocycles. The van der Waals surface area contributed by atoms with E-state index >= 15 is 0 Å². The Morgan fingerprint density at radius 1 is 0.955 bits per heavy atom. The van der Waals surface area contributed by atoms with Gasteiger partial charge in [0.25, 0.3) is 0 Å². The smallest absolute Gasteiger partial charge is 0.395 e. The van der Waals surface area contributed by atoms with Gasteiger partial charge in [-0.1, -0.05) is 0 Å². The van der Waals surface area contributed by atoms with E-state index in [1.807, 2.05) is 0 Å². The maximum absolute atomic E-state index is 13.0. The number of hydrogen-bond acceptors (Lipinski definition) is 9. The quantitative estimate of drug-likeness (QED) is 0.416. The number of benzene rings is 1. The van der Waals surface area contributed by atoms with Crippen molar-refractivity contribution < 1.29 is 18.3 Å². The van der Waals surface area contributed by atoms with Crippen LogP contribution in [0.1, 0.15) is 0 Å². The van der Waals surface area contributed by atoms with Crippen LogP contribution in [0.3, 0.4) is 0 Å². The maximum atomic E-state index is 13.0. The molecule has 0 bridgehead atoms. The van der Waals surface area contributed by atoms with Crippen molar-refractivity contribution >= 4 is 23.3 Å². The molecular formula is C11H11F2N7O2. The number of rotatable bonds is 4. The Balaban J connectivity index is 1.86. The van der Waals surface area contributed by atoms with E-state index in [0.717, 1.165) is 0 Å². The van der Waals surface area contributed by atoms with Crippen molar-refractivity contribution in [2.24, 2.45) is 11.7 Å². The predicted molar refractivity (Wildman–Crippen MR) is 73.6 cm³/mol. The number of halogens is 2. The fourth-order valence-electron chi connectivity index (χ4n) is 1.81. The van der Waals surface area contributed by atoms with Crippen molar-refractivity contribution in [1.82, 2.24) is 9.97 Å². The monoisotopic (exact) mass is 311 g/mol. The molecule has 0 atom stereocenters. The Morgan fingerprint density at radius 2 is 1.59 bits per heavy atom. The molecule has 0 aliphatic carbocycles. The Hall–Kier alpha value is -2.92. The minimum Gasteiger partial charge on any atom is -0.395 e. The molecule has 0 saturated heterocycles. The SMILES string of the molecule is NNc1cc(NN)nc(Nc2ccc3c(c2)OC(F)(F)O3)n1. The number of hydrazine groups is 2. The highest BCUT2D eigenvalue weighted by Gasteiger charge is 2.43. The zero-order valence-electron chi connectivity index (χ0n) is 10.9. The fourth-order valence-corrected chi connectivity index (χ4v) is 1.81. The highest BCUT2D eigenvalue weighted by atomic mass is 19.3. The van der Waals surface area contributed by atoms with E-state index in [0.29, 0.717) is 17.3 Å². The average Bonchev–Trinajstić information content (AvgIpc) is 2.79. The van der Waals surface area contributed by atoms with Crippen molar-refractivity contribution in [3.63, 3.8) is 0 Å². The number of anilines is 4. The second-order valence-electron chi connectivity index (χ2n) is 4.20. The van der Waals surface area contributed by atoms with E-state index in [9.17, 15) is 8.78 Å². The van der Waals surface area contributed by atoms with Gasteiger partial charge in [-0.3, -0.25) is 0 Å². The molecule has 0 radical (unpaired) electrons. The number of aromatic nitrogens is 2. The molecule has 1 aromatic carbocycles. The topological polar surface area (TPSA) is 132 Å². The van der Waals surface area contributed by atoms with E-state index in [2.05, 4.69) is 35.6 Å². The van der Waals surface area contributed by atoms with Crippen molar-refractivity contribution in [2.75, 3.05) is 16.2 Å². The molecule has 2 heterocycles. The number of hydrogen-bond donors (Lipinski definition) is 5. The first-order chi connectivity index (χ1) is 10.5. The molecule has 0 fully saturated rings. The van der Waals surface area contributed by atoms with Crippen LogP contribution in [0.25, 0.3) is 0 Å². The van der Waals surface area contributed by atoms with Crippen molar-refractivity contribution in [3.8, 4) is 11.5 Å². The summed E-state index contributed by atoms with van der Waals surface area (Å²) in [5.41, 5.74) is 5.11. The van der Waals surface area contributed by atoms with Crippen molar-refractivity contribution in [3.05, 3.63) is 24.3 Å². The van der Waals surface area contributed by atoms with Crippen LogP contribution in [0.4, 0.5) is 32.1 Å². The molecule has 9 nitrogen and oxygen atoms in total. The third-order valence-corrected chi connectivity index (χ3v) is 2.68. The molecular weight excluding hydrogens is 300 g/mol. The zero-order valence-corrected chi connectivity index (χ0v) is 10.9. The van der Waals surface area contributed by atoms with Crippen LogP contribution in [0.2, 0.25) is 0 Å². The van der Waals surface area contributed by atoms with Crippen LogP contribution in [-0.4, -0.2) is 16.3 Å². The van der Waals surface area contributed by atoms with Crippen LogP contribution >= 0.6 is 0 Å². The molecule has 11 heteroatoms. The van der Waals surface area contributed by atoms with Crippen LogP contribution < -0.4 is 37.3 Å². The molecule has 0 saturated carbocycles. The third-order valence-electron chi connectivity index (χ3n) is 2.68. The number of alkyl halides is 2. The van der Waals surface area contributed by atoms with Gasteiger partial charge in [0.1, 0.15) is 11.6 Å². The standard InChI is InChI=1S/C11H11F2N7O2/c12-11(13)21-6-2-1-5(3-7(6)22-11)16-10-17-8(19-14)4-9(18-10)20-15/h1-4H,14-15H2,(H3,16,17,18,19,20). The van der Waals surface area contributed by atoms with Crippen LogP contribution in [-0.2, 0) is 0 Å². The van der Waals surface area contributed by atoms with Crippen molar-refractivity contribution in [1.29, 1.82) is 0 Å². The molecule has 1 aliphatic rings. The summed E-state index contributed by atoms with van der Waals surface area (Å²) in [5, 5.41) is 2.82. The van der Waals surface area contributed by atoms with Gasteiger partial charge in [0.2, 0.25) is 5.95 Å². The summed E-state index contributed by atoms with van der Waals surface area (Å²) in [6, 6.07) is 5.65. The molecule has 22 heavy (non-hydrogen) atoms. The fraction of sp³-hybridized carbons (Fsp3) is 0.0909. The molecule has 1 aromatic heterocycles. The highest BCUT2D eigenvalue weighted by molar-refractivity contribution is 5.62. The van der Waals surface area contributed by atoms with Gasteiger partial charge in [-0.2, -0.15) is 9.97 Å². The second-order valence-corrected chi connectivity index (χ2v) is 4.20. The number of nitrogens with one attached hydrogen (secondary N) is 3. The summed E-state index contributed by atoms with van der Waals surface area (Å²) in [5.74, 6) is 11.2. The number of fused-ring (bicyclic) bond motifs is 1. The lowest BCUT2D eigenvalue weighted by Crippen LogP contribution is -2.25. The minimum atomic E-state index is -3.67. The Kier molecular flexibility index (Phi) is 3.27. The van der Waals surface area contributed by atoms with E-state index in [-0.39, 0.29) is 17.4 Å². The minimum absolute atomic E-state index is 0.0573. The van der Waals surface area contributed by atoms with Gasteiger partial charge in [0.15, 0.2) is 11.5 Å². The maximum Gasteiger partial charge on any atom is 0.586 e. The first-order valence-electron chi connectivity index (χ1n) is 5.98. The lowest BCUT2D eigenvalue weighted by atomic mass is 10.3. The van der Waals surface area contributed by atoms with Crippen LogP contribution in [0.15, 0.2) is 24.3 Å². The van der Waals surface area contributed by atoms with Gasteiger partial charge < -0.3 is 25.6 Å². The van der Waals surface area contributed by atoms with E-state index in [1.165, 1.54) is 24.3 Å². The lowest BCUT2D eigenvalue weighted by molar-refractivity contribution is -0.286. The Labute approximate surface area is 122 Å². The summed E-state index contributed by atoms with van der Waals surface area (Å²) < 4.78 is 34.6. The van der Waals surface area contributed by atoms with Crippen molar-refractivity contribution in [2.45, 2.75) is 6.29 Å². The zero-order chi connectivity index (χ0) is 15.7. The molecule has 3 rings (SSSR count). The molecule has 0 spiro atoms. The largest absolute Gasteiger partial charge is 0.586 e. The summed E-state index contributed by atoms with van der Waals surface area (Å²) >= 11 is 0. The molecule has 0 unspecified atom stereocenters. The first kappa shape index (κ1) is 14.0. The number of ether oxygens (including phenoxy) is 2. The number of nitrogens with two attached hydrogens (primary N) is 2. The number of nitrogen functional groups attached to an aromatic ring is 2. The average molecular weight is 311 g/mol. The highest BCUT2D eigenvalue weighted by Crippen LogP contribution is 2.42. The normalized spacial score (nSPS) is 14.5. The summed E-state index contributed by atoms with van der Waals surface area (Å²) in [6.45, 7) is 0. The van der Waals surface area contributed by atoms with E-state index in [4.69, 9.17) is 11.7 Å². The van der Waals surface area contributed by atoms with Gasteiger partial charge >= 0.3 is 6.29 Å². The second kappa shape index (κ2) is 5.13. The van der Waals surface area contributed by atoms with E-state index < -0.39 is 6.29 Å². The predicted octanol–water partition coefficient (Wildman–Crippen LogP) is 1.11. The van der Waals surface area contributed by atoms with Gasteiger partial charge in [-0.15, -0.1) is 8.78 Å². The third kappa shape index (κ3) is 2.75. The Bertz CT molecular complexity index is 691. The van der Waals surface area contributed by atoms with Crippen LogP contribution in [0.5, 0.6) is 11.5 Å². The molecule has 7 N–H and O–H groups in total. The first-order valence-corrected chi connectivity index (χ1v) is 5.98. The molecule has 2 aromatic rings. The van der Waals surface area contributed by atoms with Crippen LogP contribution in [0, 0.1) is 0 Å². The molecule has 0 amide bonds. The van der Waals surface area contributed by atoms with Gasteiger partial charge in [-0.25, -0.2) is 11.7 Å². The Morgan fingerprint density at radius 3 is 2.23 bits per heavy atom. The lowest BCUT2D eigenvalue weighted by Gasteiger charge is -2.09. The summed E-state index contributed by atoms with van der Waals surface area (Å²) in [7, 11) is 0. The van der Waals surface area contributed by atoms with Gasteiger partial charge in [0, 0.05) is 17.8 Å². The summed E-state index contributed by atoms with van der Waals surface area (Å²) in [6.07, 6.45) is -3.67.